The van der Waals surface area contributed by atoms with Gasteiger partial charge in [-0.05, 0) is 25.7 Å². The third kappa shape index (κ3) is 6.85. The average molecular weight is 527 g/mol. The summed E-state index contributed by atoms with van der Waals surface area (Å²) in [4.78, 5) is 21.3. The molecule has 7 heteroatoms. The number of carboxylic acid groups (broad SMARTS) is 2. The predicted molar refractivity (Wildman–Crippen MR) is 84.8 cm³/mol. The largest absolute Gasteiger partial charge is 0.480 e. The van der Waals surface area contributed by atoms with Crippen LogP contribution in [0.25, 0.3) is 0 Å². The van der Waals surface area contributed by atoms with Gasteiger partial charge in [0.15, 0.2) is 0 Å². The zero-order chi connectivity index (χ0) is 15.2. The molecule has 21 heavy (non-hydrogen) atoms. The van der Waals surface area contributed by atoms with Crippen molar-refractivity contribution in [1.29, 1.82) is 0 Å². The molecule has 0 aromatic rings. The van der Waals surface area contributed by atoms with Gasteiger partial charge < -0.3 is 10.2 Å². The Morgan fingerprint density at radius 3 is 1.05 bits per heavy atom. The molecule has 2 fully saturated rings. The summed E-state index contributed by atoms with van der Waals surface area (Å²) in [6.07, 6.45) is 9.64. The van der Waals surface area contributed by atoms with Crippen molar-refractivity contribution in [2.75, 3.05) is 0 Å². The fourth-order valence-electron chi connectivity index (χ4n) is 2.65. The van der Waals surface area contributed by atoms with E-state index in [0.29, 0.717) is 0 Å². The van der Waals surface area contributed by atoms with E-state index >= 15 is 0 Å². The monoisotopic (exact) mass is 526 g/mol. The van der Waals surface area contributed by atoms with E-state index in [1.54, 1.807) is 0 Å². The van der Waals surface area contributed by atoms with Gasteiger partial charge in [0.05, 0.1) is 0 Å². The average Bonchev–Trinajstić information content (AvgIpc) is 2.41. The van der Waals surface area contributed by atoms with Gasteiger partial charge in [-0.15, -0.1) is 0 Å². The maximum absolute atomic E-state index is 10.6. The van der Waals surface area contributed by atoms with E-state index in [-0.39, 0.29) is 27.3 Å². The number of carboxylic acids is 2. The Hall–Kier alpha value is 0.822. The number of halogens is 2. The fourth-order valence-corrected chi connectivity index (χ4v) is 3.77. The SMILES string of the molecule is O=C(O)C1(Br)CCCCC1.O=C(O)C1(Br)CCCCC1.[Cd]. The van der Waals surface area contributed by atoms with E-state index < -0.39 is 20.6 Å². The predicted octanol–water partition coefficient (Wildman–Crippen LogP) is 4.34. The number of carbonyl (C=O) groups is 2. The molecule has 2 aliphatic rings. The van der Waals surface area contributed by atoms with E-state index in [0.717, 1.165) is 51.4 Å². The van der Waals surface area contributed by atoms with Gasteiger partial charge >= 0.3 is 11.9 Å². The van der Waals surface area contributed by atoms with Gasteiger partial charge in [0.2, 0.25) is 0 Å². The Bertz CT molecular complexity index is 317. The van der Waals surface area contributed by atoms with Crippen molar-refractivity contribution in [2.24, 2.45) is 0 Å². The smallest absolute Gasteiger partial charge is 0.320 e. The molecule has 118 valence electrons. The van der Waals surface area contributed by atoms with Gasteiger partial charge in [0, 0.05) is 27.3 Å². The first-order valence-corrected chi connectivity index (χ1v) is 8.73. The molecule has 0 heterocycles. The molecule has 2 saturated carbocycles. The molecule has 0 radical (unpaired) electrons. The van der Waals surface area contributed by atoms with Crippen LogP contribution in [0.5, 0.6) is 0 Å². The minimum atomic E-state index is -0.702. The third-order valence-electron chi connectivity index (χ3n) is 4.06. The topological polar surface area (TPSA) is 74.6 Å². The molecule has 0 amide bonds. The summed E-state index contributed by atoms with van der Waals surface area (Å²) in [5.41, 5.74) is 0. The Morgan fingerprint density at radius 2 is 0.905 bits per heavy atom. The molecule has 0 aromatic carbocycles. The quantitative estimate of drug-likeness (QED) is 0.415. The Kier molecular flexibility index (Phi) is 10.2. The van der Waals surface area contributed by atoms with Crippen molar-refractivity contribution >= 4 is 43.8 Å². The van der Waals surface area contributed by atoms with Crippen LogP contribution in [0.1, 0.15) is 64.2 Å². The first-order valence-electron chi connectivity index (χ1n) is 7.15. The van der Waals surface area contributed by atoms with Gasteiger partial charge in [-0.25, -0.2) is 0 Å². The normalized spacial score (nSPS) is 23.0. The second kappa shape index (κ2) is 9.85. The summed E-state index contributed by atoms with van der Waals surface area (Å²) in [5, 5.41) is 17.5. The third-order valence-corrected chi connectivity index (χ3v) is 6.32. The molecule has 0 aromatic heterocycles. The minimum Gasteiger partial charge on any atom is -0.480 e. The minimum absolute atomic E-state index is 0. The van der Waals surface area contributed by atoms with Gasteiger partial charge in [-0.1, -0.05) is 70.4 Å². The summed E-state index contributed by atoms with van der Waals surface area (Å²) < 4.78 is -1.18. The van der Waals surface area contributed by atoms with Gasteiger partial charge in [-0.3, -0.25) is 9.59 Å². The molecule has 0 bridgehead atoms. The van der Waals surface area contributed by atoms with Gasteiger partial charge in [0.1, 0.15) is 8.65 Å². The van der Waals surface area contributed by atoms with Crippen molar-refractivity contribution in [1.82, 2.24) is 0 Å². The number of rotatable bonds is 2. The van der Waals surface area contributed by atoms with Crippen molar-refractivity contribution in [3.05, 3.63) is 0 Å². The second-order valence-corrected chi connectivity index (χ2v) is 8.70. The summed E-state index contributed by atoms with van der Waals surface area (Å²) in [7, 11) is 0. The van der Waals surface area contributed by atoms with E-state index in [9.17, 15) is 9.59 Å². The Morgan fingerprint density at radius 1 is 0.667 bits per heavy atom. The van der Waals surface area contributed by atoms with Crippen molar-refractivity contribution in [3.8, 4) is 0 Å². The Balaban J connectivity index is 0.000000364. The molecule has 4 nitrogen and oxygen atoms in total. The van der Waals surface area contributed by atoms with Crippen LogP contribution in [0.2, 0.25) is 0 Å². The number of aliphatic carboxylic acids is 2. The Labute approximate surface area is 162 Å². The molecule has 2 N–H and O–H groups in total. The zero-order valence-electron chi connectivity index (χ0n) is 12.2. The molecule has 0 atom stereocenters. The van der Waals surface area contributed by atoms with Gasteiger partial charge in [0.25, 0.3) is 0 Å². The molecule has 0 aliphatic heterocycles. The van der Waals surface area contributed by atoms with Crippen LogP contribution in [0.3, 0.4) is 0 Å². The zero-order valence-corrected chi connectivity index (χ0v) is 19.5. The second-order valence-electron chi connectivity index (χ2n) is 5.66. The number of hydrogen-bond acceptors (Lipinski definition) is 2. The summed E-state index contributed by atoms with van der Waals surface area (Å²) in [6.45, 7) is 0. The molecular weight excluding hydrogens is 504 g/mol. The van der Waals surface area contributed by atoms with E-state index in [1.807, 2.05) is 0 Å². The molecule has 2 aliphatic carbocycles. The first-order chi connectivity index (χ1) is 9.30. The van der Waals surface area contributed by atoms with Crippen LogP contribution < -0.4 is 0 Å². The molecule has 2 rings (SSSR count). The van der Waals surface area contributed by atoms with Crippen LogP contribution in [-0.4, -0.2) is 30.8 Å². The van der Waals surface area contributed by atoms with Crippen molar-refractivity contribution in [2.45, 2.75) is 72.9 Å². The summed E-state index contributed by atoms with van der Waals surface area (Å²) in [5.74, 6) is -1.40. The molecule has 0 spiro atoms. The van der Waals surface area contributed by atoms with Crippen LogP contribution >= 0.6 is 31.9 Å². The van der Waals surface area contributed by atoms with Crippen LogP contribution in [0.15, 0.2) is 0 Å². The van der Waals surface area contributed by atoms with Crippen molar-refractivity contribution < 1.29 is 47.1 Å². The number of hydrogen-bond donors (Lipinski definition) is 2. The van der Waals surface area contributed by atoms with Crippen LogP contribution in [0.4, 0.5) is 0 Å². The molecular formula is C14H22Br2CdO4. The summed E-state index contributed by atoms with van der Waals surface area (Å²) in [6, 6.07) is 0. The van der Waals surface area contributed by atoms with Gasteiger partial charge in [-0.2, -0.15) is 0 Å². The number of alkyl halides is 2. The molecule has 0 saturated heterocycles. The van der Waals surface area contributed by atoms with E-state index in [1.165, 1.54) is 12.8 Å². The van der Waals surface area contributed by atoms with Crippen LogP contribution in [-0.2, 0) is 36.9 Å². The standard InChI is InChI=1S/2C7H11BrO2.Cd/c2*8-7(6(9)10)4-2-1-3-5-7;/h2*1-5H2,(H,9,10);. The summed E-state index contributed by atoms with van der Waals surface area (Å²) >= 11 is 6.52. The van der Waals surface area contributed by atoms with Crippen LogP contribution in [0, 0.1) is 0 Å². The fraction of sp³-hybridized carbons (Fsp3) is 0.857. The van der Waals surface area contributed by atoms with E-state index in [2.05, 4.69) is 31.9 Å². The maximum Gasteiger partial charge on any atom is 0.320 e. The van der Waals surface area contributed by atoms with Crippen molar-refractivity contribution in [3.63, 3.8) is 0 Å². The van der Waals surface area contributed by atoms with E-state index in [4.69, 9.17) is 10.2 Å². The first kappa shape index (κ1) is 21.8. The maximum atomic E-state index is 10.6. The molecule has 0 unspecified atom stereocenters.